The number of ether oxygens (including phenoxy) is 1. The molecule has 6 nitrogen and oxygen atoms in total. The highest BCUT2D eigenvalue weighted by Gasteiger charge is 2.22. The van der Waals surface area contributed by atoms with Crippen LogP contribution in [0.25, 0.3) is 0 Å². The number of carbonyl (C=O) groups is 3. The molecule has 1 atom stereocenters. The summed E-state index contributed by atoms with van der Waals surface area (Å²) >= 11 is 0. The van der Waals surface area contributed by atoms with Crippen LogP contribution in [0, 0.1) is 6.92 Å². The van der Waals surface area contributed by atoms with Crippen LogP contribution in [-0.4, -0.2) is 36.5 Å². The highest BCUT2D eigenvalue weighted by molar-refractivity contribution is 5.97. The highest BCUT2D eigenvalue weighted by Crippen LogP contribution is 2.17. The number of aryl methyl sites for hydroxylation is 1. The van der Waals surface area contributed by atoms with Crippen molar-refractivity contribution in [2.45, 2.75) is 58.1 Å². The van der Waals surface area contributed by atoms with Crippen molar-refractivity contribution >= 4 is 17.8 Å². The lowest BCUT2D eigenvalue weighted by Gasteiger charge is -2.24. The maximum Gasteiger partial charge on any atom is 0.326 e. The van der Waals surface area contributed by atoms with Crippen LogP contribution in [-0.2, 0) is 14.3 Å². The number of rotatable bonds is 6. The number of hydrogen-bond donors (Lipinski definition) is 2. The zero-order chi connectivity index (χ0) is 18.2. The summed E-state index contributed by atoms with van der Waals surface area (Å²) in [6, 6.07) is 7.29. The fraction of sp³-hybridized carbons (Fsp3) is 0.526. The first-order valence-electron chi connectivity index (χ1n) is 8.81. The molecule has 2 amide bonds. The molecule has 1 aliphatic rings. The van der Waals surface area contributed by atoms with Crippen LogP contribution in [0.5, 0.6) is 0 Å². The molecule has 0 aliphatic heterocycles. The number of amides is 2. The van der Waals surface area contributed by atoms with Crippen molar-refractivity contribution in [3.05, 3.63) is 35.4 Å². The van der Waals surface area contributed by atoms with Crippen LogP contribution in [0.15, 0.2) is 24.3 Å². The molecule has 1 aromatic carbocycles. The third-order valence-corrected chi connectivity index (χ3v) is 4.41. The van der Waals surface area contributed by atoms with Gasteiger partial charge in [-0.15, -0.1) is 0 Å². The van der Waals surface area contributed by atoms with Gasteiger partial charge in [-0.3, -0.25) is 14.4 Å². The van der Waals surface area contributed by atoms with Crippen LogP contribution < -0.4 is 10.6 Å². The van der Waals surface area contributed by atoms with Gasteiger partial charge in [0, 0.05) is 11.6 Å². The molecule has 0 bridgehead atoms. The van der Waals surface area contributed by atoms with Gasteiger partial charge in [0.05, 0.1) is 0 Å². The maximum atomic E-state index is 12.1. The first-order chi connectivity index (χ1) is 12.0. The summed E-state index contributed by atoms with van der Waals surface area (Å²) in [5.74, 6) is -1.26. The molecule has 0 saturated heterocycles. The van der Waals surface area contributed by atoms with E-state index >= 15 is 0 Å². The predicted molar refractivity (Wildman–Crippen MR) is 94.1 cm³/mol. The van der Waals surface area contributed by atoms with E-state index in [0.29, 0.717) is 5.56 Å². The largest absolute Gasteiger partial charge is 0.451 e. The number of benzene rings is 1. The minimum Gasteiger partial charge on any atom is -0.451 e. The van der Waals surface area contributed by atoms with Crippen molar-refractivity contribution in [1.82, 2.24) is 10.6 Å². The van der Waals surface area contributed by atoms with Gasteiger partial charge in [0.25, 0.3) is 11.8 Å². The summed E-state index contributed by atoms with van der Waals surface area (Å²) in [4.78, 5) is 36.0. The lowest BCUT2D eigenvalue weighted by atomic mass is 9.95. The summed E-state index contributed by atoms with van der Waals surface area (Å²) in [7, 11) is 0. The summed E-state index contributed by atoms with van der Waals surface area (Å²) in [6.45, 7) is 3.10. The molecule has 2 N–H and O–H groups in total. The average Bonchev–Trinajstić information content (AvgIpc) is 2.61. The molecule has 0 radical (unpaired) electrons. The standard InChI is InChI=1S/C19H26N2O4/c1-13-8-6-7-11-16(13)19(24)20-12-17(22)25-14(2)18(23)21-15-9-4-3-5-10-15/h6-8,11,14-15H,3-5,9-10,12H2,1-2H3,(H,20,24)(H,21,23). The van der Waals surface area contributed by atoms with Gasteiger partial charge in [-0.2, -0.15) is 0 Å². The maximum absolute atomic E-state index is 12.1. The Labute approximate surface area is 148 Å². The molecular weight excluding hydrogens is 320 g/mol. The molecule has 0 spiro atoms. The Morgan fingerprint density at radius 1 is 1.16 bits per heavy atom. The van der Waals surface area contributed by atoms with E-state index in [1.165, 1.54) is 6.42 Å². The number of hydrogen-bond acceptors (Lipinski definition) is 4. The van der Waals surface area contributed by atoms with Crippen LogP contribution in [0.2, 0.25) is 0 Å². The Morgan fingerprint density at radius 3 is 2.52 bits per heavy atom. The molecule has 136 valence electrons. The Morgan fingerprint density at radius 2 is 1.84 bits per heavy atom. The van der Waals surface area contributed by atoms with Gasteiger partial charge in [-0.25, -0.2) is 0 Å². The van der Waals surface area contributed by atoms with Crippen molar-refractivity contribution in [3.63, 3.8) is 0 Å². The Balaban J connectivity index is 1.74. The topological polar surface area (TPSA) is 84.5 Å². The molecule has 1 aromatic rings. The summed E-state index contributed by atoms with van der Waals surface area (Å²) in [5.41, 5.74) is 1.34. The molecule has 1 fully saturated rings. The number of carbonyl (C=O) groups excluding carboxylic acids is 3. The van der Waals surface area contributed by atoms with Crippen molar-refractivity contribution in [2.75, 3.05) is 6.54 Å². The van der Waals surface area contributed by atoms with Crippen molar-refractivity contribution in [1.29, 1.82) is 0 Å². The van der Waals surface area contributed by atoms with Gasteiger partial charge >= 0.3 is 5.97 Å². The van der Waals surface area contributed by atoms with Crippen molar-refractivity contribution in [3.8, 4) is 0 Å². The quantitative estimate of drug-likeness (QED) is 0.773. The van der Waals surface area contributed by atoms with Crippen LogP contribution in [0.3, 0.4) is 0 Å². The van der Waals surface area contributed by atoms with Gasteiger partial charge in [0.2, 0.25) is 0 Å². The Bertz CT molecular complexity index is 624. The van der Waals surface area contributed by atoms with Crippen LogP contribution in [0.1, 0.15) is 54.9 Å². The smallest absolute Gasteiger partial charge is 0.326 e. The van der Waals surface area contributed by atoms with Crippen LogP contribution >= 0.6 is 0 Å². The summed E-state index contributed by atoms with van der Waals surface area (Å²) in [5, 5.41) is 5.44. The molecule has 6 heteroatoms. The minimum absolute atomic E-state index is 0.170. The molecule has 1 saturated carbocycles. The van der Waals surface area contributed by atoms with Gasteiger partial charge < -0.3 is 15.4 Å². The summed E-state index contributed by atoms with van der Waals surface area (Å²) < 4.78 is 5.10. The first-order valence-corrected chi connectivity index (χ1v) is 8.81. The zero-order valence-corrected chi connectivity index (χ0v) is 14.8. The second-order valence-corrected chi connectivity index (χ2v) is 6.47. The SMILES string of the molecule is Cc1ccccc1C(=O)NCC(=O)OC(C)C(=O)NC1CCCCC1. The molecular formula is C19H26N2O4. The van der Waals surface area contributed by atoms with Crippen molar-refractivity contribution < 1.29 is 19.1 Å². The third kappa shape index (κ3) is 5.89. The Kier molecular flexibility index (Phi) is 6.98. The second kappa shape index (κ2) is 9.20. The Hall–Kier alpha value is -2.37. The fourth-order valence-electron chi connectivity index (χ4n) is 2.93. The first kappa shape index (κ1) is 19.0. The molecule has 0 aromatic heterocycles. The predicted octanol–water partition coefficient (Wildman–Crippen LogP) is 2.11. The molecule has 0 heterocycles. The number of esters is 1. The average molecular weight is 346 g/mol. The fourth-order valence-corrected chi connectivity index (χ4v) is 2.93. The van der Waals surface area contributed by atoms with Gasteiger partial charge in [0.15, 0.2) is 6.10 Å². The molecule has 1 aliphatic carbocycles. The van der Waals surface area contributed by atoms with E-state index in [1.54, 1.807) is 19.1 Å². The van der Waals surface area contributed by atoms with Gasteiger partial charge in [-0.05, 0) is 38.3 Å². The summed E-state index contributed by atoms with van der Waals surface area (Å²) in [6.07, 6.45) is 4.51. The van der Waals surface area contributed by atoms with E-state index in [0.717, 1.165) is 31.2 Å². The minimum atomic E-state index is -0.871. The monoisotopic (exact) mass is 346 g/mol. The lowest BCUT2D eigenvalue weighted by molar-refractivity contribution is -0.154. The van der Waals surface area contributed by atoms with Gasteiger partial charge in [-0.1, -0.05) is 37.5 Å². The third-order valence-electron chi connectivity index (χ3n) is 4.41. The van der Waals surface area contributed by atoms with E-state index in [1.807, 2.05) is 19.1 Å². The number of nitrogens with one attached hydrogen (secondary N) is 2. The molecule has 2 rings (SSSR count). The van der Waals surface area contributed by atoms with Gasteiger partial charge in [0.1, 0.15) is 6.54 Å². The second-order valence-electron chi connectivity index (χ2n) is 6.47. The normalized spacial score (nSPS) is 15.9. The lowest BCUT2D eigenvalue weighted by Crippen LogP contribution is -2.43. The molecule has 25 heavy (non-hydrogen) atoms. The van der Waals surface area contributed by atoms with E-state index in [4.69, 9.17) is 4.74 Å². The van der Waals surface area contributed by atoms with E-state index in [2.05, 4.69) is 10.6 Å². The highest BCUT2D eigenvalue weighted by atomic mass is 16.5. The van der Waals surface area contributed by atoms with E-state index < -0.39 is 12.1 Å². The van der Waals surface area contributed by atoms with E-state index in [-0.39, 0.29) is 24.4 Å². The van der Waals surface area contributed by atoms with Crippen LogP contribution in [0.4, 0.5) is 0 Å². The molecule has 1 unspecified atom stereocenters. The zero-order valence-electron chi connectivity index (χ0n) is 14.8. The van der Waals surface area contributed by atoms with E-state index in [9.17, 15) is 14.4 Å². The van der Waals surface area contributed by atoms with Crippen molar-refractivity contribution in [2.24, 2.45) is 0 Å².